The summed E-state index contributed by atoms with van der Waals surface area (Å²) in [5.74, 6) is 0.889. The molecule has 34 heavy (non-hydrogen) atoms. The minimum absolute atomic E-state index is 0.0917. The van der Waals surface area contributed by atoms with Crippen LogP contribution >= 0.6 is 0 Å². The van der Waals surface area contributed by atoms with Gasteiger partial charge in [0, 0.05) is 51.1 Å². The number of nitrogens with one attached hydrogen (secondary N) is 1. The Morgan fingerprint density at radius 1 is 1.15 bits per heavy atom. The fourth-order valence-corrected chi connectivity index (χ4v) is 4.75. The van der Waals surface area contributed by atoms with Gasteiger partial charge in [-0.2, -0.15) is 0 Å². The van der Waals surface area contributed by atoms with E-state index in [9.17, 15) is 9.59 Å². The molecule has 184 valence electrons. The summed E-state index contributed by atoms with van der Waals surface area (Å²) < 4.78 is 16.1. The zero-order chi connectivity index (χ0) is 24.7. The molecular weight excluding hydrogens is 450 g/mol. The van der Waals surface area contributed by atoms with Crippen molar-refractivity contribution in [3.63, 3.8) is 0 Å². The van der Waals surface area contributed by atoms with Gasteiger partial charge < -0.3 is 24.4 Å². The van der Waals surface area contributed by atoms with Crippen LogP contribution in [0.3, 0.4) is 0 Å². The normalized spacial score (nSPS) is 18.2. The quantitative estimate of drug-likeness (QED) is 0.565. The number of hydrogen-bond donors (Lipinski definition) is 1. The highest BCUT2D eigenvalue weighted by molar-refractivity contribution is 6.76. The van der Waals surface area contributed by atoms with E-state index in [0.717, 1.165) is 11.6 Å². The monoisotopic (exact) mass is 485 g/mol. The van der Waals surface area contributed by atoms with Gasteiger partial charge in [-0.15, -0.1) is 0 Å². The lowest BCUT2D eigenvalue weighted by molar-refractivity contribution is 0.0676. The maximum Gasteiger partial charge on any atom is 0.407 e. The second kappa shape index (κ2) is 11.4. The molecule has 1 aliphatic rings. The van der Waals surface area contributed by atoms with Gasteiger partial charge in [0.1, 0.15) is 0 Å². The SMILES string of the molecule is COc1ccc(C(=O)N2CC[C@H](NC(=O)OCC[Si](C)(C)C)[C@H](c3cccnc3)C2)cc1OC. The minimum atomic E-state index is -1.28. The number of nitrogens with zero attached hydrogens (tertiary/aromatic N) is 2. The lowest BCUT2D eigenvalue weighted by Crippen LogP contribution is -2.51. The molecule has 0 radical (unpaired) electrons. The van der Waals surface area contributed by atoms with Gasteiger partial charge in [-0.25, -0.2) is 4.79 Å². The van der Waals surface area contributed by atoms with Crippen molar-refractivity contribution in [1.29, 1.82) is 0 Å². The van der Waals surface area contributed by atoms with Gasteiger partial charge in [-0.3, -0.25) is 9.78 Å². The van der Waals surface area contributed by atoms with Crippen molar-refractivity contribution in [3.8, 4) is 11.5 Å². The number of pyridine rings is 1. The second-order valence-corrected chi connectivity index (χ2v) is 15.3. The van der Waals surface area contributed by atoms with Gasteiger partial charge in [0.15, 0.2) is 11.5 Å². The smallest absolute Gasteiger partial charge is 0.407 e. The Hall–Kier alpha value is -3.07. The van der Waals surface area contributed by atoms with Crippen LogP contribution in [0.4, 0.5) is 4.79 Å². The zero-order valence-corrected chi connectivity index (χ0v) is 21.7. The Bertz CT molecular complexity index is 980. The van der Waals surface area contributed by atoms with Crippen molar-refractivity contribution in [2.24, 2.45) is 0 Å². The summed E-state index contributed by atoms with van der Waals surface area (Å²) in [5.41, 5.74) is 1.50. The first-order valence-electron chi connectivity index (χ1n) is 11.6. The van der Waals surface area contributed by atoms with Gasteiger partial charge in [0.05, 0.1) is 20.8 Å². The number of benzene rings is 1. The third-order valence-electron chi connectivity index (χ3n) is 6.03. The van der Waals surface area contributed by atoms with E-state index in [1.807, 2.05) is 17.0 Å². The standard InChI is InChI=1S/C25H35N3O5Si/c1-31-22-9-8-18(15-23(22)32-2)24(29)28-12-10-21(20(17-28)19-7-6-11-26-16-19)27-25(30)33-13-14-34(3,4)5/h6-9,11,15-16,20-21H,10,12-14,17H2,1-5H3,(H,27,30)/t20-,21-/m0/s1. The van der Waals surface area contributed by atoms with Crippen LogP contribution in [0.25, 0.3) is 0 Å². The number of carbonyl (C=O) groups excluding carboxylic acids is 2. The van der Waals surface area contributed by atoms with Crippen molar-refractivity contribution in [2.45, 2.75) is 44.1 Å². The average molecular weight is 486 g/mol. The molecule has 2 amide bonds. The molecule has 0 aliphatic carbocycles. The van der Waals surface area contributed by atoms with Crippen molar-refractivity contribution in [2.75, 3.05) is 33.9 Å². The maximum atomic E-state index is 13.3. The summed E-state index contributed by atoms with van der Waals surface area (Å²) in [7, 11) is 1.82. The number of aromatic nitrogens is 1. The third-order valence-corrected chi connectivity index (χ3v) is 7.74. The summed E-state index contributed by atoms with van der Waals surface area (Å²) in [6.45, 7) is 8.14. The molecule has 0 saturated carbocycles. The van der Waals surface area contributed by atoms with Gasteiger partial charge in [0.2, 0.25) is 0 Å². The molecule has 1 N–H and O–H groups in total. The highest BCUT2D eigenvalue weighted by Crippen LogP contribution is 2.31. The molecule has 9 heteroatoms. The van der Waals surface area contributed by atoms with Crippen molar-refractivity contribution < 1.29 is 23.8 Å². The van der Waals surface area contributed by atoms with Gasteiger partial charge >= 0.3 is 6.09 Å². The number of likely N-dealkylation sites (tertiary alicyclic amines) is 1. The van der Waals surface area contributed by atoms with Crippen LogP contribution in [0.2, 0.25) is 25.7 Å². The minimum Gasteiger partial charge on any atom is -0.493 e. The Morgan fingerprint density at radius 2 is 1.91 bits per heavy atom. The molecule has 1 aromatic heterocycles. The number of carbonyl (C=O) groups is 2. The van der Waals surface area contributed by atoms with Crippen LogP contribution in [0.1, 0.15) is 28.3 Å². The third kappa shape index (κ3) is 6.72. The van der Waals surface area contributed by atoms with E-state index in [4.69, 9.17) is 14.2 Å². The molecule has 0 unspecified atom stereocenters. The molecule has 3 rings (SSSR count). The largest absolute Gasteiger partial charge is 0.493 e. The van der Waals surface area contributed by atoms with E-state index >= 15 is 0 Å². The molecule has 2 atom stereocenters. The van der Waals surface area contributed by atoms with Crippen LogP contribution in [-0.4, -0.2) is 69.9 Å². The second-order valence-electron chi connectivity index (χ2n) is 9.70. The first kappa shape index (κ1) is 25.5. The van der Waals surface area contributed by atoms with E-state index in [-0.39, 0.29) is 17.9 Å². The summed E-state index contributed by atoms with van der Waals surface area (Å²) in [6, 6.07) is 9.78. The lowest BCUT2D eigenvalue weighted by atomic mass is 9.86. The highest BCUT2D eigenvalue weighted by atomic mass is 28.3. The van der Waals surface area contributed by atoms with Gasteiger partial charge in [-0.1, -0.05) is 25.7 Å². The van der Waals surface area contributed by atoms with E-state index in [0.29, 0.717) is 43.2 Å². The Kier molecular flexibility index (Phi) is 8.54. The van der Waals surface area contributed by atoms with E-state index in [1.165, 1.54) is 0 Å². The van der Waals surface area contributed by atoms with Gasteiger partial charge in [0.25, 0.3) is 5.91 Å². The Morgan fingerprint density at radius 3 is 2.56 bits per heavy atom. The first-order chi connectivity index (χ1) is 16.2. The zero-order valence-electron chi connectivity index (χ0n) is 20.7. The summed E-state index contributed by atoms with van der Waals surface area (Å²) in [5, 5.41) is 3.04. The van der Waals surface area contributed by atoms with Crippen LogP contribution in [-0.2, 0) is 4.74 Å². The molecule has 2 heterocycles. The summed E-state index contributed by atoms with van der Waals surface area (Å²) in [4.78, 5) is 31.9. The summed E-state index contributed by atoms with van der Waals surface area (Å²) >= 11 is 0. The van der Waals surface area contributed by atoms with Crippen LogP contribution in [0, 0.1) is 0 Å². The molecule has 1 aliphatic heterocycles. The predicted octanol–water partition coefficient (Wildman–Crippen LogP) is 4.16. The topological polar surface area (TPSA) is 90.0 Å². The van der Waals surface area contributed by atoms with Crippen molar-refractivity contribution in [1.82, 2.24) is 15.2 Å². The fourth-order valence-electron chi connectivity index (χ4n) is 4.04. The number of hydrogen-bond acceptors (Lipinski definition) is 6. The fraction of sp³-hybridized carbons (Fsp3) is 0.480. The number of alkyl carbamates (subject to hydrolysis) is 1. The molecule has 0 bridgehead atoms. The van der Waals surface area contributed by atoms with E-state index < -0.39 is 14.2 Å². The van der Waals surface area contributed by atoms with Crippen molar-refractivity contribution >= 4 is 20.1 Å². The van der Waals surface area contributed by atoms with Crippen molar-refractivity contribution in [3.05, 3.63) is 53.9 Å². The number of rotatable bonds is 8. The highest BCUT2D eigenvalue weighted by Gasteiger charge is 2.34. The average Bonchev–Trinajstić information content (AvgIpc) is 2.83. The van der Waals surface area contributed by atoms with Crippen LogP contribution < -0.4 is 14.8 Å². The number of ether oxygens (including phenoxy) is 3. The Labute approximate surface area is 202 Å². The number of amides is 2. The van der Waals surface area contributed by atoms with Crippen LogP contribution in [0.5, 0.6) is 11.5 Å². The van der Waals surface area contributed by atoms with E-state index in [1.54, 1.807) is 44.8 Å². The summed E-state index contributed by atoms with van der Waals surface area (Å²) in [6.07, 6.45) is 3.71. The molecule has 0 spiro atoms. The lowest BCUT2D eigenvalue weighted by Gasteiger charge is -2.39. The maximum absolute atomic E-state index is 13.3. The molecule has 8 nitrogen and oxygen atoms in total. The molecular formula is C25H35N3O5Si. The van der Waals surface area contributed by atoms with Crippen LogP contribution in [0.15, 0.2) is 42.7 Å². The first-order valence-corrected chi connectivity index (χ1v) is 15.3. The predicted molar refractivity (Wildman–Crippen MR) is 133 cm³/mol. The number of piperidine rings is 1. The van der Waals surface area contributed by atoms with E-state index in [2.05, 4.69) is 29.9 Å². The van der Waals surface area contributed by atoms with Gasteiger partial charge in [-0.05, 0) is 42.3 Å². The molecule has 1 fully saturated rings. The molecule has 1 saturated heterocycles. The molecule has 2 aromatic rings. The molecule has 1 aromatic carbocycles. The Balaban J connectivity index is 1.73. The number of methoxy groups -OCH3 is 2.